The summed E-state index contributed by atoms with van der Waals surface area (Å²) < 4.78 is 2.25. The van der Waals surface area contributed by atoms with Gasteiger partial charge in [-0.15, -0.1) is 21.5 Å². The number of carbonyl (C=O) groups excluding carboxylic acids is 1. The van der Waals surface area contributed by atoms with E-state index in [1.54, 1.807) is 23.1 Å². The zero-order valence-corrected chi connectivity index (χ0v) is 17.2. The topological polar surface area (TPSA) is 51.0 Å². The quantitative estimate of drug-likeness (QED) is 0.700. The van der Waals surface area contributed by atoms with Crippen molar-refractivity contribution >= 4 is 29.0 Å². The average Bonchev–Trinajstić information content (AvgIpc) is 3.14. The molecule has 2 aliphatic rings. The highest BCUT2D eigenvalue weighted by atomic mass is 32.2. The summed E-state index contributed by atoms with van der Waals surface area (Å²) in [6.07, 6.45) is 5.77. The molecule has 1 aliphatic carbocycles. The van der Waals surface area contributed by atoms with Gasteiger partial charge in [-0.1, -0.05) is 17.8 Å². The SMILES string of the molecule is C[C@@H](Sc1nnc(-c2cccs2)n1C1CC1)C(=O)N1[C@@H](C)CCC[C@@H]1C. The number of carbonyl (C=O) groups is 1. The first kappa shape index (κ1) is 18.0. The number of amides is 1. The zero-order valence-electron chi connectivity index (χ0n) is 15.6. The van der Waals surface area contributed by atoms with E-state index in [0.29, 0.717) is 18.1 Å². The van der Waals surface area contributed by atoms with Gasteiger partial charge in [-0.3, -0.25) is 9.36 Å². The molecule has 0 radical (unpaired) electrons. The fourth-order valence-corrected chi connectivity index (χ4v) is 5.55. The van der Waals surface area contributed by atoms with E-state index in [0.717, 1.165) is 28.7 Å². The Balaban J connectivity index is 1.54. The summed E-state index contributed by atoms with van der Waals surface area (Å²) in [5, 5.41) is 11.7. The number of hydrogen-bond donors (Lipinski definition) is 0. The van der Waals surface area contributed by atoms with Crippen LogP contribution >= 0.6 is 23.1 Å². The number of hydrogen-bond acceptors (Lipinski definition) is 5. The molecule has 0 bridgehead atoms. The third-order valence-corrected chi connectivity index (χ3v) is 7.31. The van der Waals surface area contributed by atoms with E-state index in [2.05, 4.69) is 45.0 Å². The second kappa shape index (κ2) is 7.35. The lowest BCUT2D eigenvalue weighted by Gasteiger charge is -2.40. The smallest absolute Gasteiger partial charge is 0.236 e. The Bertz CT molecular complexity index is 759. The maximum atomic E-state index is 13.1. The van der Waals surface area contributed by atoms with Crippen LogP contribution in [-0.2, 0) is 4.79 Å². The predicted molar refractivity (Wildman–Crippen MR) is 107 cm³/mol. The number of piperidine rings is 1. The number of thioether (sulfide) groups is 1. The van der Waals surface area contributed by atoms with Gasteiger partial charge in [-0.05, 0) is 64.3 Å². The van der Waals surface area contributed by atoms with Gasteiger partial charge in [-0.2, -0.15) is 0 Å². The molecule has 1 saturated carbocycles. The minimum atomic E-state index is -0.143. The fraction of sp³-hybridized carbons (Fsp3) is 0.632. The van der Waals surface area contributed by atoms with E-state index >= 15 is 0 Å². The van der Waals surface area contributed by atoms with Crippen molar-refractivity contribution in [2.45, 2.75) is 81.4 Å². The van der Waals surface area contributed by atoms with Crippen LogP contribution in [0.2, 0.25) is 0 Å². The summed E-state index contributed by atoms with van der Waals surface area (Å²) in [5.74, 6) is 1.18. The minimum absolute atomic E-state index is 0.143. The monoisotopic (exact) mass is 390 g/mol. The van der Waals surface area contributed by atoms with Gasteiger partial charge in [0, 0.05) is 18.1 Å². The Morgan fingerprint density at radius 3 is 2.58 bits per heavy atom. The van der Waals surface area contributed by atoms with Crippen molar-refractivity contribution in [2.24, 2.45) is 0 Å². The first-order chi connectivity index (χ1) is 12.6. The minimum Gasteiger partial charge on any atom is -0.336 e. The Morgan fingerprint density at radius 2 is 1.96 bits per heavy atom. The van der Waals surface area contributed by atoms with Crippen molar-refractivity contribution in [3.8, 4) is 10.7 Å². The standard InChI is InChI=1S/C19H26N4OS2/c1-12-6-4-7-13(2)22(12)18(24)14(3)26-19-21-20-17(16-8-5-11-25-16)23(19)15-9-10-15/h5,8,11-15H,4,6-7,9-10H2,1-3H3/t12-,13-,14+/m0/s1. The van der Waals surface area contributed by atoms with Crippen LogP contribution in [0.1, 0.15) is 58.9 Å². The van der Waals surface area contributed by atoms with E-state index in [4.69, 9.17) is 0 Å². The van der Waals surface area contributed by atoms with E-state index < -0.39 is 0 Å². The molecule has 140 valence electrons. The lowest BCUT2D eigenvalue weighted by molar-refractivity contribution is -0.136. The van der Waals surface area contributed by atoms with E-state index in [9.17, 15) is 4.79 Å². The summed E-state index contributed by atoms with van der Waals surface area (Å²) in [6.45, 7) is 6.36. The second-order valence-electron chi connectivity index (χ2n) is 7.52. The van der Waals surface area contributed by atoms with Gasteiger partial charge in [-0.25, -0.2) is 0 Å². The van der Waals surface area contributed by atoms with Crippen molar-refractivity contribution in [1.82, 2.24) is 19.7 Å². The van der Waals surface area contributed by atoms with Crippen LogP contribution in [0.3, 0.4) is 0 Å². The van der Waals surface area contributed by atoms with E-state index in [1.165, 1.54) is 19.3 Å². The highest BCUT2D eigenvalue weighted by molar-refractivity contribution is 8.00. The van der Waals surface area contributed by atoms with Crippen LogP contribution in [0, 0.1) is 0 Å². The molecule has 3 heterocycles. The van der Waals surface area contributed by atoms with Gasteiger partial charge in [0.05, 0.1) is 10.1 Å². The number of aromatic nitrogens is 3. The Kier molecular flexibility index (Phi) is 5.10. The molecule has 26 heavy (non-hydrogen) atoms. The maximum absolute atomic E-state index is 13.1. The third kappa shape index (κ3) is 3.43. The number of likely N-dealkylation sites (tertiary alicyclic amines) is 1. The van der Waals surface area contributed by atoms with Crippen molar-refractivity contribution in [3.63, 3.8) is 0 Å². The molecule has 2 aromatic heterocycles. The Hall–Kier alpha value is -1.34. The van der Waals surface area contributed by atoms with Crippen molar-refractivity contribution < 1.29 is 4.79 Å². The van der Waals surface area contributed by atoms with Crippen LogP contribution < -0.4 is 0 Å². The van der Waals surface area contributed by atoms with Crippen LogP contribution in [0.15, 0.2) is 22.7 Å². The maximum Gasteiger partial charge on any atom is 0.236 e. The van der Waals surface area contributed by atoms with E-state index in [1.807, 2.05) is 13.0 Å². The molecule has 0 aromatic carbocycles. The Labute approximate surface area is 163 Å². The molecule has 1 amide bonds. The summed E-state index contributed by atoms with van der Waals surface area (Å²) in [5.41, 5.74) is 0. The number of thiophene rings is 1. The van der Waals surface area contributed by atoms with Gasteiger partial charge in [0.2, 0.25) is 5.91 Å². The van der Waals surface area contributed by atoms with Crippen LogP contribution in [-0.4, -0.2) is 42.9 Å². The molecule has 0 unspecified atom stereocenters. The van der Waals surface area contributed by atoms with Crippen molar-refractivity contribution in [3.05, 3.63) is 17.5 Å². The molecular formula is C19H26N4OS2. The second-order valence-corrected chi connectivity index (χ2v) is 9.77. The van der Waals surface area contributed by atoms with Crippen molar-refractivity contribution in [2.75, 3.05) is 0 Å². The highest BCUT2D eigenvalue weighted by Gasteiger charge is 2.35. The molecule has 2 fully saturated rings. The summed E-state index contributed by atoms with van der Waals surface area (Å²) in [7, 11) is 0. The van der Waals surface area contributed by atoms with Crippen LogP contribution in [0.25, 0.3) is 10.7 Å². The molecular weight excluding hydrogens is 364 g/mol. The fourth-order valence-electron chi connectivity index (χ4n) is 3.87. The molecule has 1 saturated heterocycles. The molecule has 2 aromatic rings. The largest absolute Gasteiger partial charge is 0.336 e. The van der Waals surface area contributed by atoms with Crippen LogP contribution in [0.4, 0.5) is 0 Å². The molecule has 0 N–H and O–H groups in total. The third-order valence-electron chi connectivity index (χ3n) is 5.40. The number of nitrogens with zero attached hydrogens (tertiary/aromatic N) is 4. The first-order valence-electron chi connectivity index (χ1n) is 9.54. The van der Waals surface area contributed by atoms with E-state index in [-0.39, 0.29) is 11.2 Å². The van der Waals surface area contributed by atoms with Gasteiger partial charge in [0.15, 0.2) is 11.0 Å². The lowest BCUT2D eigenvalue weighted by atomic mass is 9.97. The molecule has 1 aliphatic heterocycles. The van der Waals surface area contributed by atoms with Gasteiger partial charge in [0.1, 0.15) is 0 Å². The first-order valence-corrected chi connectivity index (χ1v) is 11.3. The number of rotatable bonds is 5. The van der Waals surface area contributed by atoms with Gasteiger partial charge >= 0.3 is 0 Å². The summed E-state index contributed by atoms with van der Waals surface area (Å²) in [6, 6.07) is 5.28. The molecule has 5 nitrogen and oxygen atoms in total. The lowest BCUT2D eigenvalue weighted by Crippen LogP contribution is -2.50. The van der Waals surface area contributed by atoms with Crippen molar-refractivity contribution in [1.29, 1.82) is 0 Å². The molecule has 4 rings (SSSR count). The van der Waals surface area contributed by atoms with Gasteiger partial charge in [0.25, 0.3) is 0 Å². The molecule has 7 heteroatoms. The predicted octanol–water partition coefficient (Wildman–Crippen LogP) is 4.61. The van der Waals surface area contributed by atoms with Crippen LogP contribution in [0.5, 0.6) is 0 Å². The summed E-state index contributed by atoms with van der Waals surface area (Å²) in [4.78, 5) is 16.3. The van der Waals surface area contributed by atoms with Gasteiger partial charge < -0.3 is 4.90 Å². The highest BCUT2D eigenvalue weighted by Crippen LogP contribution is 2.42. The Morgan fingerprint density at radius 1 is 1.23 bits per heavy atom. The molecule has 0 spiro atoms. The average molecular weight is 391 g/mol. The normalized spacial score (nSPS) is 24.7. The zero-order chi connectivity index (χ0) is 18.3. The molecule has 3 atom stereocenters. The summed E-state index contributed by atoms with van der Waals surface area (Å²) >= 11 is 3.25.